The van der Waals surface area contributed by atoms with Crippen LogP contribution in [-0.2, 0) is 10.0 Å². The average Bonchev–Trinajstić information content (AvgIpc) is 2.47. The summed E-state index contributed by atoms with van der Waals surface area (Å²) in [5.41, 5.74) is 11.2. The Balaban J connectivity index is 2.25. The predicted octanol–water partition coefficient (Wildman–Crippen LogP) is 1.87. The van der Waals surface area contributed by atoms with Crippen molar-refractivity contribution in [3.63, 3.8) is 0 Å². The Morgan fingerprint density at radius 3 is 2.39 bits per heavy atom. The fourth-order valence-electron chi connectivity index (χ4n) is 1.67. The number of rotatable bonds is 4. The largest absolute Gasteiger partial charge is 0.507 e. The molecule has 9 heteroatoms. The van der Waals surface area contributed by atoms with Crippen molar-refractivity contribution in [3.05, 3.63) is 52.5 Å². The molecule has 0 unspecified atom stereocenters. The van der Waals surface area contributed by atoms with Crippen molar-refractivity contribution in [3.8, 4) is 5.75 Å². The van der Waals surface area contributed by atoms with E-state index in [1.54, 1.807) is 12.1 Å². The summed E-state index contributed by atoms with van der Waals surface area (Å²) in [5.74, 6) is -0.443. The van der Waals surface area contributed by atoms with Gasteiger partial charge in [0.15, 0.2) is 0 Å². The maximum absolute atomic E-state index is 11.8. The standard InChI is InChI=1S/C14H13BrN4O3S/c15-10-1-6-13(20)9(7-10)8-18-11-2-4-12(5-3-11)23(21,22)19-14(16)17/h1-8,20H,(H4,16,17,19). The Kier molecular flexibility index (Phi) is 5.02. The molecule has 23 heavy (non-hydrogen) atoms. The lowest BCUT2D eigenvalue weighted by Crippen LogP contribution is -2.24. The number of hydrogen-bond acceptors (Lipinski definition) is 4. The summed E-state index contributed by atoms with van der Waals surface area (Å²) in [6.45, 7) is 0. The first-order valence-corrected chi connectivity index (χ1v) is 8.50. The third kappa shape index (κ3) is 4.54. The number of benzene rings is 2. The molecule has 0 spiro atoms. The minimum Gasteiger partial charge on any atom is -0.507 e. The van der Waals surface area contributed by atoms with Crippen molar-refractivity contribution in [1.82, 2.24) is 0 Å². The second kappa shape index (κ2) is 6.80. The van der Waals surface area contributed by atoms with Crippen LogP contribution in [0, 0.1) is 0 Å². The smallest absolute Gasteiger partial charge is 0.285 e. The van der Waals surface area contributed by atoms with Crippen molar-refractivity contribution in [2.45, 2.75) is 4.90 Å². The summed E-state index contributed by atoms with van der Waals surface area (Å²) >= 11 is 3.30. The number of aliphatic imine (C=N–C) groups is 1. The number of phenolic OH excluding ortho intramolecular Hbond substituents is 1. The summed E-state index contributed by atoms with van der Waals surface area (Å²) < 4.78 is 27.6. The Hall–Kier alpha value is -2.39. The van der Waals surface area contributed by atoms with E-state index in [1.165, 1.54) is 36.5 Å². The van der Waals surface area contributed by atoms with Crippen LogP contribution in [0.15, 0.2) is 61.2 Å². The van der Waals surface area contributed by atoms with Crippen LogP contribution in [0.5, 0.6) is 5.75 Å². The molecule has 0 heterocycles. The second-order valence-corrected chi connectivity index (χ2v) is 6.97. The lowest BCUT2D eigenvalue weighted by atomic mass is 10.2. The van der Waals surface area contributed by atoms with Crippen molar-refractivity contribution < 1.29 is 13.5 Å². The first-order chi connectivity index (χ1) is 10.8. The van der Waals surface area contributed by atoms with Crippen LogP contribution < -0.4 is 11.5 Å². The summed E-state index contributed by atoms with van der Waals surface area (Å²) in [6, 6.07) is 10.6. The molecule has 0 aliphatic rings. The van der Waals surface area contributed by atoms with Crippen molar-refractivity contribution in [1.29, 1.82) is 0 Å². The summed E-state index contributed by atoms with van der Waals surface area (Å²) in [4.78, 5) is 4.13. The minimum absolute atomic E-state index is 0.0462. The summed E-state index contributed by atoms with van der Waals surface area (Å²) in [6.07, 6.45) is 1.47. The van der Waals surface area contributed by atoms with Crippen LogP contribution in [-0.4, -0.2) is 25.7 Å². The van der Waals surface area contributed by atoms with E-state index in [0.717, 1.165) is 4.47 Å². The monoisotopic (exact) mass is 396 g/mol. The van der Waals surface area contributed by atoms with E-state index in [-0.39, 0.29) is 10.6 Å². The number of aromatic hydroxyl groups is 1. The highest BCUT2D eigenvalue weighted by atomic mass is 79.9. The molecule has 5 N–H and O–H groups in total. The number of sulfonamides is 1. The van der Waals surface area contributed by atoms with E-state index in [2.05, 4.69) is 25.3 Å². The molecule has 0 amide bonds. The summed E-state index contributed by atoms with van der Waals surface area (Å²) in [5, 5.41) is 9.72. The Labute approximate surface area is 141 Å². The Bertz CT molecular complexity index is 873. The van der Waals surface area contributed by atoms with Crippen molar-refractivity contribution >= 4 is 43.8 Å². The van der Waals surface area contributed by atoms with Gasteiger partial charge in [0.1, 0.15) is 5.75 Å². The molecule has 0 radical (unpaired) electrons. The van der Waals surface area contributed by atoms with Gasteiger partial charge in [-0.1, -0.05) is 15.9 Å². The molecule has 2 aromatic carbocycles. The molecule has 0 bridgehead atoms. The zero-order valence-corrected chi connectivity index (χ0v) is 14.1. The molecule has 0 fully saturated rings. The Morgan fingerprint density at radius 2 is 1.78 bits per heavy atom. The number of guanidine groups is 1. The summed E-state index contributed by atoms with van der Waals surface area (Å²) in [7, 11) is -3.92. The number of hydrogen-bond donors (Lipinski definition) is 3. The molecule has 7 nitrogen and oxygen atoms in total. The second-order valence-electron chi connectivity index (χ2n) is 4.45. The predicted molar refractivity (Wildman–Crippen MR) is 92.5 cm³/mol. The average molecular weight is 397 g/mol. The quantitative estimate of drug-likeness (QED) is 0.535. The van der Waals surface area contributed by atoms with Crippen molar-refractivity contribution in [2.75, 3.05) is 0 Å². The van der Waals surface area contributed by atoms with Crippen LogP contribution in [0.2, 0.25) is 0 Å². The van der Waals surface area contributed by atoms with Gasteiger partial charge in [0.05, 0.1) is 10.6 Å². The highest BCUT2D eigenvalue weighted by Crippen LogP contribution is 2.22. The van der Waals surface area contributed by atoms with Crippen LogP contribution in [0.25, 0.3) is 0 Å². The van der Waals surface area contributed by atoms with Gasteiger partial charge in [0.25, 0.3) is 10.0 Å². The minimum atomic E-state index is -3.92. The lowest BCUT2D eigenvalue weighted by Gasteiger charge is -2.01. The third-order valence-corrected chi connectivity index (χ3v) is 4.51. The van der Waals surface area contributed by atoms with Crippen LogP contribution in [0.4, 0.5) is 5.69 Å². The van der Waals surface area contributed by atoms with Gasteiger partial charge in [-0.3, -0.25) is 4.99 Å². The van der Waals surface area contributed by atoms with Gasteiger partial charge in [-0.25, -0.2) is 0 Å². The van der Waals surface area contributed by atoms with Gasteiger partial charge in [-0.15, -0.1) is 4.40 Å². The fourth-order valence-corrected chi connectivity index (χ4v) is 2.91. The number of nitrogens with zero attached hydrogens (tertiary/aromatic N) is 2. The zero-order valence-electron chi connectivity index (χ0n) is 11.7. The molecule has 0 aliphatic carbocycles. The lowest BCUT2D eigenvalue weighted by molar-refractivity contribution is 0.474. The van der Waals surface area contributed by atoms with Crippen molar-refractivity contribution in [2.24, 2.45) is 20.9 Å². The first-order valence-electron chi connectivity index (χ1n) is 6.26. The number of halogens is 1. The van der Waals surface area contributed by atoms with E-state index >= 15 is 0 Å². The zero-order chi connectivity index (χ0) is 17.0. The molecule has 0 saturated carbocycles. The maximum Gasteiger partial charge on any atom is 0.285 e. The number of nitrogens with two attached hydrogens (primary N) is 2. The normalized spacial score (nSPS) is 11.5. The molecule has 2 rings (SSSR count). The maximum atomic E-state index is 11.8. The SMILES string of the molecule is NC(N)=NS(=O)(=O)c1ccc(N=Cc2cc(Br)ccc2O)cc1. The molecule has 0 atom stereocenters. The molecule has 0 aromatic heterocycles. The topological polar surface area (TPSA) is 131 Å². The van der Waals surface area contributed by atoms with Crippen LogP contribution in [0.3, 0.4) is 0 Å². The fraction of sp³-hybridized carbons (Fsp3) is 0. The van der Waals surface area contributed by atoms with E-state index < -0.39 is 16.0 Å². The molecule has 120 valence electrons. The Morgan fingerprint density at radius 1 is 1.13 bits per heavy atom. The molecule has 0 aliphatic heterocycles. The van der Waals surface area contributed by atoms with Crippen LogP contribution in [0.1, 0.15) is 5.56 Å². The van der Waals surface area contributed by atoms with E-state index in [1.807, 2.05) is 0 Å². The van der Waals surface area contributed by atoms with Gasteiger partial charge >= 0.3 is 0 Å². The molecule has 0 saturated heterocycles. The van der Waals surface area contributed by atoms with Gasteiger partial charge in [0.2, 0.25) is 5.96 Å². The molecule has 2 aromatic rings. The van der Waals surface area contributed by atoms with Gasteiger partial charge in [-0.2, -0.15) is 8.42 Å². The highest BCUT2D eigenvalue weighted by Gasteiger charge is 2.12. The van der Waals surface area contributed by atoms with E-state index in [4.69, 9.17) is 11.5 Å². The third-order valence-electron chi connectivity index (χ3n) is 2.70. The van der Waals surface area contributed by atoms with Gasteiger partial charge in [-0.05, 0) is 42.5 Å². The van der Waals surface area contributed by atoms with Gasteiger partial charge < -0.3 is 16.6 Å². The van der Waals surface area contributed by atoms with Gasteiger partial charge in [0, 0.05) is 16.3 Å². The van der Waals surface area contributed by atoms with E-state index in [9.17, 15) is 13.5 Å². The first kappa shape index (κ1) is 17.0. The van der Waals surface area contributed by atoms with E-state index in [0.29, 0.717) is 11.3 Å². The molecular weight excluding hydrogens is 384 g/mol. The highest BCUT2D eigenvalue weighted by molar-refractivity contribution is 9.10. The van der Waals surface area contributed by atoms with Crippen LogP contribution >= 0.6 is 15.9 Å². The number of phenols is 1. The molecular formula is C14H13BrN4O3S.